The summed E-state index contributed by atoms with van der Waals surface area (Å²) in [4.78, 5) is 58.8. The van der Waals surface area contributed by atoms with E-state index < -0.39 is 34.0 Å². The van der Waals surface area contributed by atoms with Crippen LogP contribution in [0.1, 0.15) is 38.5 Å². The van der Waals surface area contributed by atoms with Crippen LogP contribution in [0.5, 0.6) is 0 Å². The molecule has 0 unspecified atom stereocenters. The van der Waals surface area contributed by atoms with Crippen LogP contribution in [0.15, 0.2) is 46.3 Å². The number of aliphatic carboxylic acids is 1. The highest BCUT2D eigenvalue weighted by Gasteiger charge is 2.41. The molecule has 0 bridgehead atoms. The summed E-state index contributed by atoms with van der Waals surface area (Å²) in [5.74, 6) is -2.12. The van der Waals surface area contributed by atoms with Crippen LogP contribution in [-0.4, -0.2) is 86.8 Å². The maximum Gasteiger partial charge on any atom is 0.326 e. The lowest BCUT2D eigenvalue weighted by molar-refractivity contribution is -0.143. The number of nitrogens with one attached hydrogen (secondary N) is 2. The highest BCUT2D eigenvalue weighted by molar-refractivity contribution is 7.89. The number of carbonyl (C=O) groups excluding carboxylic acids is 2. The van der Waals surface area contributed by atoms with Crippen LogP contribution >= 0.6 is 23.2 Å². The lowest BCUT2D eigenvalue weighted by Crippen LogP contribution is -2.51. The Morgan fingerprint density at radius 2 is 1.80 bits per heavy atom. The van der Waals surface area contributed by atoms with Crippen LogP contribution in [0.3, 0.4) is 0 Å². The second-order valence-electron chi connectivity index (χ2n) is 11.1. The molecule has 13 nitrogen and oxygen atoms in total. The van der Waals surface area contributed by atoms with Crippen LogP contribution in [-0.2, 0) is 31.0 Å². The molecule has 2 aromatic heterocycles. The molecule has 3 aromatic rings. The second kappa shape index (κ2) is 13.3. The zero-order valence-corrected chi connectivity index (χ0v) is 25.9. The molecule has 0 radical (unpaired) electrons. The number of carboxylic acid groups (broad SMARTS) is 1. The van der Waals surface area contributed by atoms with Crippen molar-refractivity contribution in [2.45, 2.75) is 62.0 Å². The van der Waals surface area contributed by atoms with E-state index in [-0.39, 0.29) is 58.3 Å². The van der Waals surface area contributed by atoms with E-state index in [1.54, 1.807) is 27.9 Å². The van der Waals surface area contributed by atoms with E-state index >= 15 is 0 Å². The van der Waals surface area contributed by atoms with Gasteiger partial charge in [0.15, 0.2) is 0 Å². The van der Waals surface area contributed by atoms with Crippen LogP contribution in [0.4, 0.5) is 0 Å². The summed E-state index contributed by atoms with van der Waals surface area (Å²) in [6, 6.07) is 3.16. The molecule has 2 saturated heterocycles. The number of sulfonamides is 1. The summed E-state index contributed by atoms with van der Waals surface area (Å²) in [6.45, 7) is 1.52. The van der Waals surface area contributed by atoms with E-state index in [0.717, 1.165) is 9.82 Å². The predicted molar refractivity (Wildman–Crippen MR) is 162 cm³/mol. The van der Waals surface area contributed by atoms with E-state index in [1.165, 1.54) is 18.2 Å². The van der Waals surface area contributed by atoms with Crippen molar-refractivity contribution in [2.24, 2.45) is 5.92 Å². The molecule has 0 spiro atoms. The topological polar surface area (TPSA) is 175 Å². The van der Waals surface area contributed by atoms with Crippen molar-refractivity contribution in [1.29, 1.82) is 0 Å². The maximum absolute atomic E-state index is 13.3. The van der Waals surface area contributed by atoms with Gasteiger partial charge in [-0.3, -0.25) is 19.1 Å². The maximum atomic E-state index is 13.3. The molecule has 2 amide bonds. The van der Waals surface area contributed by atoms with E-state index in [0.29, 0.717) is 44.4 Å². The van der Waals surface area contributed by atoms with E-state index in [9.17, 15) is 32.7 Å². The van der Waals surface area contributed by atoms with Crippen molar-refractivity contribution in [3.05, 3.63) is 57.2 Å². The van der Waals surface area contributed by atoms with Gasteiger partial charge in [-0.2, -0.15) is 4.31 Å². The number of piperidine rings is 1. The third kappa shape index (κ3) is 6.93. The molecule has 2 aliphatic rings. The first-order valence-corrected chi connectivity index (χ1v) is 16.4. The number of likely N-dealkylation sites (tertiary alicyclic amines) is 1. The number of aromatic amines is 1. The van der Waals surface area contributed by atoms with Crippen LogP contribution in [0.25, 0.3) is 11.0 Å². The summed E-state index contributed by atoms with van der Waals surface area (Å²) in [5.41, 5.74) is 1.23. The lowest BCUT2D eigenvalue weighted by Gasteiger charge is -2.32. The Kier molecular flexibility index (Phi) is 9.63. The average molecular weight is 668 g/mol. The molecule has 4 heterocycles. The third-order valence-corrected chi connectivity index (χ3v) is 10.5. The Morgan fingerprint density at radius 3 is 2.48 bits per heavy atom. The van der Waals surface area contributed by atoms with Crippen molar-refractivity contribution >= 4 is 62.0 Å². The minimum Gasteiger partial charge on any atom is -0.480 e. The third-order valence-electron chi connectivity index (χ3n) is 8.19. The minimum atomic E-state index is -4.14. The fourth-order valence-corrected chi connectivity index (χ4v) is 8.25. The fraction of sp³-hybridized carbons (Fsp3) is 0.464. The molecule has 2 atom stereocenters. The molecule has 16 heteroatoms. The first-order chi connectivity index (χ1) is 20.9. The van der Waals surface area contributed by atoms with Crippen LogP contribution in [0, 0.1) is 5.92 Å². The van der Waals surface area contributed by atoms with Crippen molar-refractivity contribution < 1.29 is 27.9 Å². The highest BCUT2D eigenvalue weighted by atomic mass is 35.5. The van der Waals surface area contributed by atoms with Gasteiger partial charge in [0.25, 0.3) is 0 Å². The molecule has 3 N–H and O–H groups in total. The Balaban J connectivity index is 1.14. The van der Waals surface area contributed by atoms with Crippen molar-refractivity contribution in [2.75, 3.05) is 19.6 Å². The van der Waals surface area contributed by atoms with Gasteiger partial charge in [-0.25, -0.2) is 18.0 Å². The number of nitrogens with zero attached hydrogens (tertiary/aromatic N) is 4. The molecule has 2 aliphatic heterocycles. The molecule has 5 rings (SSSR count). The fourth-order valence-electron chi connectivity index (χ4n) is 5.87. The molecule has 2 fully saturated rings. The van der Waals surface area contributed by atoms with Gasteiger partial charge in [-0.15, -0.1) is 0 Å². The summed E-state index contributed by atoms with van der Waals surface area (Å²) in [6.07, 6.45) is 4.95. The molecule has 236 valence electrons. The SMILES string of the molecule is O=C(O)[C@H](CCC(=O)N1CCC(Cn2c(=O)[nH]c3cnccc32)CC1)NC(=O)[C@@H]1CCCN1S(=O)(=O)c1cc(Cl)cc(Cl)c1. The van der Waals surface area contributed by atoms with Crippen molar-refractivity contribution in [3.8, 4) is 0 Å². The molecule has 44 heavy (non-hydrogen) atoms. The first kappa shape index (κ1) is 31.9. The van der Waals surface area contributed by atoms with Gasteiger partial charge in [0.2, 0.25) is 21.8 Å². The largest absolute Gasteiger partial charge is 0.480 e. The van der Waals surface area contributed by atoms with E-state index in [2.05, 4.69) is 15.3 Å². The first-order valence-electron chi connectivity index (χ1n) is 14.3. The zero-order chi connectivity index (χ0) is 31.6. The smallest absolute Gasteiger partial charge is 0.326 e. The Labute approximate surface area is 263 Å². The monoisotopic (exact) mass is 666 g/mol. The number of benzene rings is 1. The number of halogens is 2. The number of fused-ring (bicyclic) bond motifs is 1. The number of imidazole rings is 1. The van der Waals surface area contributed by atoms with Crippen LogP contribution < -0.4 is 11.0 Å². The molecule has 0 aliphatic carbocycles. The predicted octanol–water partition coefficient (Wildman–Crippen LogP) is 2.47. The lowest BCUT2D eigenvalue weighted by atomic mass is 9.96. The van der Waals surface area contributed by atoms with Gasteiger partial charge in [0.1, 0.15) is 12.1 Å². The molecule has 1 aromatic carbocycles. The summed E-state index contributed by atoms with van der Waals surface area (Å²) < 4.78 is 29.3. The number of amides is 2. The number of H-pyrrole nitrogens is 1. The van der Waals surface area contributed by atoms with Gasteiger partial charge in [-0.05, 0) is 62.3 Å². The minimum absolute atomic E-state index is 0.0723. The number of carbonyl (C=O) groups is 3. The van der Waals surface area contributed by atoms with Gasteiger partial charge >= 0.3 is 11.7 Å². The van der Waals surface area contributed by atoms with Gasteiger partial charge in [0.05, 0.1) is 22.1 Å². The molecular formula is C28H32Cl2N6O7S. The Hall–Kier alpha value is -3.46. The highest BCUT2D eigenvalue weighted by Crippen LogP contribution is 2.30. The average Bonchev–Trinajstić information content (AvgIpc) is 3.60. The number of rotatable bonds is 10. The van der Waals surface area contributed by atoms with Gasteiger partial charge in [0, 0.05) is 48.8 Å². The zero-order valence-electron chi connectivity index (χ0n) is 23.6. The van der Waals surface area contributed by atoms with Gasteiger partial charge < -0.3 is 20.3 Å². The quantitative estimate of drug-likeness (QED) is 0.296. The Morgan fingerprint density at radius 1 is 1.09 bits per heavy atom. The normalized spacial score (nSPS) is 18.9. The summed E-state index contributed by atoms with van der Waals surface area (Å²) in [7, 11) is -4.14. The van der Waals surface area contributed by atoms with Gasteiger partial charge in [-0.1, -0.05) is 23.2 Å². The summed E-state index contributed by atoms with van der Waals surface area (Å²) >= 11 is 12.0. The number of aromatic nitrogens is 3. The summed E-state index contributed by atoms with van der Waals surface area (Å²) in [5, 5.41) is 12.5. The number of pyridine rings is 1. The van der Waals surface area contributed by atoms with Crippen molar-refractivity contribution in [3.63, 3.8) is 0 Å². The molecule has 0 saturated carbocycles. The number of hydrogen-bond donors (Lipinski definition) is 3. The van der Waals surface area contributed by atoms with Crippen LogP contribution in [0.2, 0.25) is 10.0 Å². The standard InChI is InChI=1S/C28H32Cl2N6O7S/c29-18-12-19(30)14-20(13-18)44(42,43)36-9-1-2-24(36)26(38)32-21(27(39)40)3-4-25(37)34-10-6-17(7-11-34)16-35-23-5-8-31-15-22(23)33-28(35)41/h5,8,12-15,17,21,24H,1-4,6-7,9-11,16H2,(H,32,38)(H,33,41)(H,39,40)/t21-,24-/m0/s1. The van der Waals surface area contributed by atoms with E-state index in [1.807, 2.05) is 0 Å². The second-order valence-corrected chi connectivity index (χ2v) is 13.8. The van der Waals surface area contributed by atoms with E-state index in [4.69, 9.17) is 23.2 Å². The van der Waals surface area contributed by atoms with Crippen molar-refractivity contribution in [1.82, 2.24) is 29.1 Å². The Bertz CT molecular complexity index is 1720. The molecular weight excluding hydrogens is 635 g/mol. The number of hydrogen-bond acceptors (Lipinski definition) is 7. The number of carboxylic acids is 1.